The van der Waals surface area contributed by atoms with Crippen LogP contribution >= 0.6 is 0 Å². The molecule has 18 heavy (non-hydrogen) atoms. The van der Waals surface area contributed by atoms with E-state index in [2.05, 4.69) is 0 Å². The highest BCUT2D eigenvalue weighted by Crippen LogP contribution is 2.19. The van der Waals surface area contributed by atoms with E-state index in [1.165, 1.54) is 0 Å². The topological polar surface area (TPSA) is 44.5 Å². The summed E-state index contributed by atoms with van der Waals surface area (Å²) in [6.07, 6.45) is 0. The average molecular weight is 243 g/mol. The van der Waals surface area contributed by atoms with Crippen LogP contribution in [0.25, 0.3) is 0 Å². The molecule has 2 aromatic rings. The molecule has 2 aromatic carbocycles. The van der Waals surface area contributed by atoms with Gasteiger partial charge in [-0.3, -0.25) is 0 Å². The lowest BCUT2D eigenvalue weighted by Crippen LogP contribution is -2.07. The third-order valence-electron chi connectivity index (χ3n) is 2.52. The first-order valence-corrected chi connectivity index (χ1v) is 5.95. The van der Waals surface area contributed by atoms with E-state index in [0.29, 0.717) is 31.3 Å². The summed E-state index contributed by atoms with van der Waals surface area (Å²) < 4.78 is 11.0. The molecule has 2 N–H and O–H groups in total. The maximum absolute atomic E-state index is 5.76. The van der Waals surface area contributed by atoms with Gasteiger partial charge in [0.25, 0.3) is 0 Å². The first-order chi connectivity index (χ1) is 8.86. The summed E-state index contributed by atoms with van der Waals surface area (Å²) in [4.78, 5) is 0. The van der Waals surface area contributed by atoms with Crippen LogP contribution in [0.1, 0.15) is 5.56 Å². The van der Waals surface area contributed by atoms with E-state index in [0.717, 1.165) is 5.56 Å². The number of para-hydroxylation sites is 2. The number of ether oxygens (including phenoxy) is 2. The van der Waals surface area contributed by atoms with Gasteiger partial charge in [0.05, 0.1) is 18.9 Å². The minimum atomic E-state index is 0.501. The minimum absolute atomic E-state index is 0.501. The Kier molecular flexibility index (Phi) is 4.61. The Balaban J connectivity index is 1.66. The number of benzene rings is 2. The Bertz CT molecular complexity index is 471. The number of rotatable bonds is 6. The summed E-state index contributed by atoms with van der Waals surface area (Å²) in [5.74, 6) is 0.709. The van der Waals surface area contributed by atoms with E-state index in [-0.39, 0.29) is 0 Å². The lowest BCUT2D eigenvalue weighted by Gasteiger charge is -2.09. The second kappa shape index (κ2) is 6.67. The fraction of sp³-hybridized carbons (Fsp3) is 0.200. The molecule has 0 saturated carbocycles. The van der Waals surface area contributed by atoms with Crippen LogP contribution in [0.4, 0.5) is 5.69 Å². The van der Waals surface area contributed by atoms with Crippen molar-refractivity contribution in [2.75, 3.05) is 18.9 Å². The van der Waals surface area contributed by atoms with E-state index < -0.39 is 0 Å². The van der Waals surface area contributed by atoms with Gasteiger partial charge in [-0.2, -0.15) is 0 Å². The Labute approximate surface area is 107 Å². The molecule has 0 spiro atoms. The number of hydrogen-bond acceptors (Lipinski definition) is 3. The van der Waals surface area contributed by atoms with Crippen molar-refractivity contribution in [3.63, 3.8) is 0 Å². The summed E-state index contributed by atoms with van der Waals surface area (Å²) >= 11 is 0. The van der Waals surface area contributed by atoms with E-state index in [9.17, 15) is 0 Å². The lowest BCUT2D eigenvalue weighted by atomic mass is 10.2. The van der Waals surface area contributed by atoms with Crippen LogP contribution in [-0.4, -0.2) is 13.2 Å². The molecule has 94 valence electrons. The number of anilines is 1. The SMILES string of the molecule is Nc1ccccc1OCCOCc1ccccc1. The third-order valence-corrected chi connectivity index (χ3v) is 2.52. The van der Waals surface area contributed by atoms with Crippen LogP contribution in [0.5, 0.6) is 5.75 Å². The van der Waals surface area contributed by atoms with Crippen LogP contribution in [0.15, 0.2) is 54.6 Å². The van der Waals surface area contributed by atoms with Crippen molar-refractivity contribution in [3.05, 3.63) is 60.2 Å². The monoisotopic (exact) mass is 243 g/mol. The van der Waals surface area contributed by atoms with Gasteiger partial charge in [0.15, 0.2) is 0 Å². The maximum Gasteiger partial charge on any atom is 0.142 e. The van der Waals surface area contributed by atoms with E-state index in [1.54, 1.807) is 0 Å². The molecular weight excluding hydrogens is 226 g/mol. The zero-order valence-corrected chi connectivity index (χ0v) is 10.2. The van der Waals surface area contributed by atoms with Crippen molar-refractivity contribution in [1.82, 2.24) is 0 Å². The zero-order valence-electron chi connectivity index (χ0n) is 10.2. The largest absolute Gasteiger partial charge is 0.489 e. The Morgan fingerprint density at radius 3 is 2.33 bits per heavy atom. The predicted molar refractivity (Wildman–Crippen MR) is 72.4 cm³/mol. The summed E-state index contributed by atoms with van der Waals surface area (Å²) in [5, 5.41) is 0. The summed E-state index contributed by atoms with van der Waals surface area (Å²) in [7, 11) is 0. The highest BCUT2D eigenvalue weighted by molar-refractivity contribution is 5.51. The molecular formula is C15H17NO2. The van der Waals surface area contributed by atoms with Crippen molar-refractivity contribution in [2.24, 2.45) is 0 Å². The molecule has 0 saturated heterocycles. The molecule has 0 aromatic heterocycles. The van der Waals surface area contributed by atoms with Crippen LogP contribution < -0.4 is 10.5 Å². The molecule has 0 heterocycles. The summed E-state index contributed by atoms with van der Waals surface area (Å²) in [6, 6.07) is 17.5. The van der Waals surface area contributed by atoms with Crippen LogP contribution in [-0.2, 0) is 11.3 Å². The number of hydrogen-bond donors (Lipinski definition) is 1. The van der Waals surface area contributed by atoms with Gasteiger partial charge in [0.2, 0.25) is 0 Å². The average Bonchev–Trinajstić information content (AvgIpc) is 2.42. The minimum Gasteiger partial charge on any atom is -0.489 e. The highest BCUT2D eigenvalue weighted by atomic mass is 16.5. The maximum atomic E-state index is 5.76. The molecule has 0 aliphatic rings. The third kappa shape index (κ3) is 3.79. The molecule has 0 aliphatic carbocycles. The quantitative estimate of drug-likeness (QED) is 0.626. The van der Waals surface area contributed by atoms with Gasteiger partial charge in [-0.05, 0) is 17.7 Å². The van der Waals surface area contributed by atoms with Crippen LogP contribution in [0.2, 0.25) is 0 Å². The van der Waals surface area contributed by atoms with Crippen molar-refractivity contribution < 1.29 is 9.47 Å². The van der Waals surface area contributed by atoms with Crippen molar-refractivity contribution in [3.8, 4) is 5.75 Å². The molecule has 0 bridgehead atoms. The van der Waals surface area contributed by atoms with Crippen LogP contribution in [0.3, 0.4) is 0 Å². The van der Waals surface area contributed by atoms with Gasteiger partial charge < -0.3 is 15.2 Å². The van der Waals surface area contributed by atoms with Gasteiger partial charge in [-0.15, -0.1) is 0 Å². The van der Waals surface area contributed by atoms with Crippen molar-refractivity contribution in [1.29, 1.82) is 0 Å². The van der Waals surface area contributed by atoms with Gasteiger partial charge in [0, 0.05) is 0 Å². The molecule has 0 aliphatic heterocycles. The van der Waals surface area contributed by atoms with E-state index >= 15 is 0 Å². The van der Waals surface area contributed by atoms with E-state index in [4.69, 9.17) is 15.2 Å². The summed E-state index contributed by atoms with van der Waals surface area (Å²) in [6.45, 7) is 1.65. The van der Waals surface area contributed by atoms with Gasteiger partial charge in [-0.25, -0.2) is 0 Å². The number of nitrogens with two attached hydrogens (primary N) is 1. The molecule has 0 unspecified atom stereocenters. The molecule has 3 nitrogen and oxygen atoms in total. The second-order valence-corrected chi connectivity index (χ2v) is 3.92. The van der Waals surface area contributed by atoms with Gasteiger partial charge in [0.1, 0.15) is 12.4 Å². The lowest BCUT2D eigenvalue weighted by molar-refractivity contribution is 0.0891. The highest BCUT2D eigenvalue weighted by Gasteiger charge is 1.98. The Morgan fingerprint density at radius 1 is 0.833 bits per heavy atom. The fourth-order valence-corrected chi connectivity index (χ4v) is 1.59. The first kappa shape index (κ1) is 12.5. The molecule has 3 heteroatoms. The first-order valence-electron chi connectivity index (χ1n) is 5.95. The normalized spacial score (nSPS) is 10.2. The predicted octanol–water partition coefficient (Wildman–Crippen LogP) is 2.86. The Hall–Kier alpha value is -2.00. The molecule has 0 atom stereocenters. The zero-order chi connectivity index (χ0) is 12.6. The fourth-order valence-electron chi connectivity index (χ4n) is 1.59. The molecule has 0 fully saturated rings. The second-order valence-electron chi connectivity index (χ2n) is 3.92. The van der Waals surface area contributed by atoms with Gasteiger partial charge in [-0.1, -0.05) is 42.5 Å². The van der Waals surface area contributed by atoms with Crippen LogP contribution in [0, 0.1) is 0 Å². The summed E-state index contributed by atoms with van der Waals surface area (Å²) in [5.41, 5.74) is 7.58. The smallest absolute Gasteiger partial charge is 0.142 e. The van der Waals surface area contributed by atoms with Crippen molar-refractivity contribution in [2.45, 2.75) is 6.61 Å². The molecule has 0 amide bonds. The molecule has 2 rings (SSSR count). The van der Waals surface area contributed by atoms with Crippen molar-refractivity contribution >= 4 is 5.69 Å². The van der Waals surface area contributed by atoms with Gasteiger partial charge >= 0.3 is 0 Å². The molecule has 0 radical (unpaired) electrons. The number of nitrogen functional groups attached to an aromatic ring is 1. The van der Waals surface area contributed by atoms with E-state index in [1.807, 2.05) is 54.6 Å². The standard InChI is InChI=1S/C15H17NO2/c16-14-8-4-5-9-15(14)18-11-10-17-12-13-6-2-1-3-7-13/h1-9H,10-12,16H2. The Morgan fingerprint density at radius 2 is 1.56 bits per heavy atom.